The van der Waals surface area contributed by atoms with Crippen LogP contribution in [0.3, 0.4) is 0 Å². The van der Waals surface area contributed by atoms with Crippen LogP contribution in [0.15, 0.2) is 73.1 Å². The summed E-state index contributed by atoms with van der Waals surface area (Å²) in [5.74, 6) is 0. The largest absolute Gasteiger partial charge is 2.00 e. The molecule has 5 heteroatoms. The SMILES string of the molecule is [Pt+2].[c-]1cccc2c1c1nc(CCc3cn4c5cc6c(cc5c5ccc[c-]c5c4n3)CCCC6)cn1c1cc3c(cc21)CCCC3. The van der Waals surface area contributed by atoms with Crippen molar-refractivity contribution in [1.29, 1.82) is 0 Å². The zero-order valence-electron chi connectivity index (χ0n) is 25.1. The summed E-state index contributed by atoms with van der Waals surface area (Å²) in [6.45, 7) is 0. The Hall–Kier alpha value is -4.01. The molecular weight excluding hydrogens is 732 g/mol. The van der Waals surface area contributed by atoms with Gasteiger partial charge < -0.3 is 8.80 Å². The molecule has 4 aromatic carbocycles. The summed E-state index contributed by atoms with van der Waals surface area (Å²) in [5.41, 5.74) is 12.8. The van der Waals surface area contributed by atoms with Crippen LogP contribution in [0.25, 0.3) is 54.6 Å². The van der Waals surface area contributed by atoms with Crippen molar-refractivity contribution in [1.82, 2.24) is 18.8 Å². The fourth-order valence-corrected chi connectivity index (χ4v) is 8.14. The van der Waals surface area contributed by atoms with E-state index in [0.717, 1.165) is 46.3 Å². The number of fused-ring (bicyclic) bond motifs is 14. The topological polar surface area (TPSA) is 34.6 Å². The molecule has 0 fully saturated rings. The summed E-state index contributed by atoms with van der Waals surface area (Å²) in [5, 5.41) is 7.33. The normalized spacial score (nSPS) is 14.8. The summed E-state index contributed by atoms with van der Waals surface area (Å²) < 4.78 is 4.64. The number of hydrogen-bond acceptors (Lipinski definition) is 2. The Labute approximate surface area is 276 Å². The molecule has 45 heavy (non-hydrogen) atoms. The molecule has 222 valence electrons. The molecule has 4 heterocycles. The van der Waals surface area contributed by atoms with E-state index in [9.17, 15) is 0 Å². The van der Waals surface area contributed by atoms with Crippen molar-refractivity contribution in [2.45, 2.75) is 64.2 Å². The van der Waals surface area contributed by atoms with Gasteiger partial charge in [-0.15, -0.1) is 59.3 Å². The fourth-order valence-electron chi connectivity index (χ4n) is 8.14. The van der Waals surface area contributed by atoms with Gasteiger partial charge in [0.25, 0.3) is 0 Å². The molecular formula is C40H32N4Pt. The summed E-state index contributed by atoms with van der Waals surface area (Å²) >= 11 is 0. The number of pyridine rings is 2. The molecule has 2 aliphatic rings. The Morgan fingerprint density at radius 1 is 0.556 bits per heavy atom. The molecule has 0 saturated carbocycles. The van der Waals surface area contributed by atoms with Crippen LogP contribution in [0.4, 0.5) is 0 Å². The molecule has 4 nitrogen and oxygen atoms in total. The van der Waals surface area contributed by atoms with E-state index in [2.05, 4.69) is 81.9 Å². The average molecular weight is 764 g/mol. The van der Waals surface area contributed by atoms with Gasteiger partial charge in [-0.3, -0.25) is 9.97 Å². The fraction of sp³-hybridized carbons (Fsp3) is 0.250. The van der Waals surface area contributed by atoms with Gasteiger partial charge in [-0.05, 0) is 109 Å². The molecule has 0 N–H and O–H groups in total. The smallest absolute Gasteiger partial charge is 0.340 e. The zero-order valence-corrected chi connectivity index (χ0v) is 27.4. The van der Waals surface area contributed by atoms with E-state index in [1.807, 2.05) is 12.1 Å². The Morgan fingerprint density at radius 3 is 1.42 bits per heavy atom. The first-order chi connectivity index (χ1) is 21.8. The number of nitrogens with zero attached hydrogens (tertiary/aromatic N) is 4. The van der Waals surface area contributed by atoms with Crippen LogP contribution in [0.1, 0.15) is 59.3 Å². The molecule has 0 aliphatic heterocycles. The van der Waals surface area contributed by atoms with Crippen molar-refractivity contribution >= 4 is 54.6 Å². The van der Waals surface area contributed by atoms with E-state index in [-0.39, 0.29) is 21.1 Å². The molecule has 0 amide bonds. The molecule has 10 rings (SSSR count). The summed E-state index contributed by atoms with van der Waals surface area (Å²) in [6, 6.07) is 29.5. The number of imidazole rings is 2. The van der Waals surface area contributed by atoms with Crippen LogP contribution in [0.5, 0.6) is 0 Å². The zero-order chi connectivity index (χ0) is 28.8. The van der Waals surface area contributed by atoms with Crippen LogP contribution >= 0.6 is 0 Å². The number of rotatable bonds is 3. The van der Waals surface area contributed by atoms with Gasteiger partial charge in [0, 0.05) is 34.8 Å². The van der Waals surface area contributed by atoms with E-state index in [1.165, 1.54) is 106 Å². The van der Waals surface area contributed by atoms with Crippen molar-refractivity contribution in [3.05, 3.63) is 119 Å². The molecule has 0 radical (unpaired) electrons. The number of aryl methyl sites for hydroxylation is 6. The minimum Gasteiger partial charge on any atom is -0.340 e. The Morgan fingerprint density at radius 2 is 0.978 bits per heavy atom. The van der Waals surface area contributed by atoms with Gasteiger partial charge in [-0.1, -0.05) is 22.9 Å². The van der Waals surface area contributed by atoms with Crippen LogP contribution in [-0.4, -0.2) is 18.8 Å². The molecule has 0 bridgehead atoms. The quantitative estimate of drug-likeness (QED) is 0.133. The van der Waals surface area contributed by atoms with Gasteiger partial charge in [0.2, 0.25) is 0 Å². The molecule has 4 aromatic heterocycles. The van der Waals surface area contributed by atoms with Crippen molar-refractivity contribution in [3.8, 4) is 0 Å². The first-order valence-corrected chi connectivity index (χ1v) is 16.3. The molecule has 0 unspecified atom stereocenters. The first-order valence-electron chi connectivity index (χ1n) is 16.3. The molecule has 0 spiro atoms. The van der Waals surface area contributed by atoms with Crippen LogP contribution in [-0.2, 0) is 59.6 Å². The van der Waals surface area contributed by atoms with Gasteiger partial charge in [-0.2, -0.15) is 0 Å². The standard InChI is InChI=1S/C40H32N4.Pt/c1-3-11-27-21-37-35(19-25(27)9-1)31-13-5-7-15-33(31)39-41-29(23-43(37)39)17-18-30-24-44-38-22-28-12-4-2-10-26(28)20-36(38)32-14-6-8-16-34(32)40(44)42-30;/h5-8,13-14,19-24H,1-4,9-12,17-18H2;/q-2;+2. The predicted octanol–water partition coefficient (Wildman–Crippen LogP) is 8.74. The van der Waals surface area contributed by atoms with Crippen LogP contribution in [0.2, 0.25) is 0 Å². The van der Waals surface area contributed by atoms with Crippen molar-refractivity contribution in [2.75, 3.05) is 0 Å². The number of benzene rings is 4. The third-order valence-electron chi connectivity index (χ3n) is 10.3. The Bertz CT molecular complexity index is 2290. The van der Waals surface area contributed by atoms with E-state index in [1.54, 1.807) is 0 Å². The first kappa shape index (κ1) is 27.3. The van der Waals surface area contributed by atoms with E-state index in [0.29, 0.717) is 0 Å². The molecule has 8 aromatic rings. The summed E-state index contributed by atoms with van der Waals surface area (Å²) in [4.78, 5) is 10.4. The predicted molar refractivity (Wildman–Crippen MR) is 179 cm³/mol. The number of aromatic nitrogens is 4. The second-order valence-corrected chi connectivity index (χ2v) is 13.0. The third kappa shape index (κ3) is 4.22. The van der Waals surface area contributed by atoms with E-state index >= 15 is 0 Å². The minimum atomic E-state index is 0. The third-order valence-corrected chi connectivity index (χ3v) is 10.3. The number of hydrogen-bond donors (Lipinski definition) is 0. The average Bonchev–Trinajstić information content (AvgIpc) is 3.72. The van der Waals surface area contributed by atoms with Gasteiger partial charge in [-0.25, -0.2) is 0 Å². The summed E-state index contributed by atoms with van der Waals surface area (Å²) in [7, 11) is 0. The van der Waals surface area contributed by atoms with Gasteiger partial charge in [0.15, 0.2) is 0 Å². The second kappa shape index (κ2) is 10.5. The maximum absolute atomic E-state index is 5.21. The summed E-state index contributed by atoms with van der Waals surface area (Å²) in [6.07, 6.45) is 16.0. The Balaban J connectivity index is 0.00000281. The molecule has 0 atom stereocenters. The Kier molecular flexibility index (Phi) is 6.39. The monoisotopic (exact) mass is 763 g/mol. The van der Waals surface area contributed by atoms with E-state index < -0.39 is 0 Å². The van der Waals surface area contributed by atoms with E-state index in [4.69, 9.17) is 9.97 Å². The maximum atomic E-state index is 5.21. The van der Waals surface area contributed by atoms with Gasteiger partial charge >= 0.3 is 21.1 Å². The molecule has 0 saturated heterocycles. The van der Waals surface area contributed by atoms with Crippen molar-refractivity contribution in [3.63, 3.8) is 0 Å². The second-order valence-electron chi connectivity index (χ2n) is 13.0. The minimum absolute atomic E-state index is 0. The van der Waals surface area contributed by atoms with Crippen LogP contribution < -0.4 is 0 Å². The van der Waals surface area contributed by atoms with Gasteiger partial charge in [0.1, 0.15) is 0 Å². The van der Waals surface area contributed by atoms with Crippen molar-refractivity contribution < 1.29 is 21.1 Å². The maximum Gasteiger partial charge on any atom is 2.00 e. The van der Waals surface area contributed by atoms with Gasteiger partial charge in [0.05, 0.1) is 11.3 Å². The van der Waals surface area contributed by atoms with Crippen LogP contribution in [0, 0.1) is 12.1 Å². The van der Waals surface area contributed by atoms with Crippen molar-refractivity contribution in [2.24, 2.45) is 0 Å². The molecule has 2 aliphatic carbocycles.